The first-order valence-corrected chi connectivity index (χ1v) is 8.72. The van der Waals surface area contributed by atoms with E-state index in [-0.39, 0.29) is 17.7 Å². The van der Waals surface area contributed by atoms with E-state index >= 15 is 0 Å². The van der Waals surface area contributed by atoms with Crippen LogP contribution in [0.1, 0.15) is 58.3 Å². The molecule has 1 heterocycles. The van der Waals surface area contributed by atoms with Crippen molar-refractivity contribution in [3.63, 3.8) is 0 Å². The van der Waals surface area contributed by atoms with Crippen LogP contribution in [0.15, 0.2) is 0 Å². The Bertz CT molecular complexity index is 406. The predicted octanol–water partition coefficient (Wildman–Crippen LogP) is 2.33. The first-order chi connectivity index (χ1) is 10.1. The molecule has 0 bridgehead atoms. The summed E-state index contributed by atoms with van der Waals surface area (Å²) in [7, 11) is 0. The molecule has 3 atom stereocenters. The van der Waals surface area contributed by atoms with Gasteiger partial charge in [-0.25, -0.2) is 0 Å². The molecule has 0 unspecified atom stereocenters. The zero-order valence-electron chi connectivity index (χ0n) is 13.1. The highest BCUT2D eigenvalue weighted by atomic mass is 16.2. The molecular formula is C17H28N2O2. The molecule has 2 aliphatic carbocycles. The van der Waals surface area contributed by atoms with Gasteiger partial charge in [-0.2, -0.15) is 0 Å². The summed E-state index contributed by atoms with van der Waals surface area (Å²) in [6.45, 7) is 3.76. The normalized spacial score (nSPS) is 33.6. The fourth-order valence-electron chi connectivity index (χ4n) is 3.86. The number of nitrogens with one attached hydrogen (secondary N) is 1. The van der Waals surface area contributed by atoms with E-state index in [2.05, 4.69) is 12.2 Å². The van der Waals surface area contributed by atoms with Crippen molar-refractivity contribution in [1.82, 2.24) is 10.2 Å². The number of hydrogen-bond acceptors (Lipinski definition) is 2. The van der Waals surface area contributed by atoms with E-state index in [9.17, 15) is 9.59 Å². The highest BCUT2D eigenvalue weighted by Crippen LogP contribution is 2.32. The lowest BCUT2D eigenvalue weighted by atomic mass is 9.86. The minimum Gasteiger partial charge on any atom is -0.353 e. The molecule has 0 aromatic rings. The molecule has 3 aliphatic rings. The Hall–Kier alpha value is -1.06. The predicted molar refractivity (Wildman–Crippen MR) is 81.6 cm³/mol. The van der Waals surface area contributed by atoms with Gasteiger partial charge in [0.05, 0.1) is 5.92 Å². The van der Waals surface area contributed by atoms with Crippen LogP contribution >= 0.6 is 0 Å². The minimum absolute atomic E-state index is 0.0127. The van der Waals surface area contributed by atoms with Crippen molar-refractivity contribution in [3.05, 3.63) is 0 Å². The standard InChI is InChI=1S/C17H28N2O2/c1-12-4-2-6-15(10-12)18-16(20)14-5-3-9-19(11-14)17(21)13-7-8-13/h12-15H,2-11H2,1H3,(H,18,20)/t12-,14+,15+/m1/s1. The van der Waals surface area contributed by atoms with Crippen LogP contribution in [0, 0.1) is 17.8 Å². The van der Waals surface area contributed by atoms with Crippen LogP contribution in [0.3, 0.4) is 0 Å². The summed E-state index contributed by atoms with van der Waals surface area (Å²) in [4.78, 5) is 26.6. The van der Waals surface area contributed by atoms with E-state index in [1.807, 2.05) is 4.90 Å². The van der Waals surface area contributed by atoms with Crippen LogP contribution in [0.4, 0.5) is 0 Å². The summed E-state index contributed by atoms with van der Waals surface area (Å²) in [5.74, 6) is 1.48. The maximum atomic E-state index is 12.5. The zero-order valence-corrected chi connectivity index (χ0v) is 13.1. The molecule has 118 valence electrons. The molecule has 4 nitrogen and oxygen atoms in total. The molecule has 1 N–H and O–H groups in total. The van der Waals surface area contributed by atoms with Crippen LogP contribution in [-0.2, 0) is 9.59 Å². The van der Waals surface area contributed by atoms with Crippen LogP contribution < -0.4 is 5.32 Å². The number of piperidine rings is 1. The Morgan fingerprint density at radius 3 is 2.52 bits per heavy atom. The smallest absolute Gasteiger partial charge is 0.225 e. The molecule has 4 heteroatoms. The third-order valence-electron chi connectivity index (χ3n) is 5.31. The number of nitrogens with zero attached hydrogens (tertiary/aromatic N) is 1. The van der Waals surface area contributed by atoms with E-state index in [4.69, 9.17) is 0 Å². The highest BCUT2D eigenvalue weighted by molar-refractivity contribution is 5.83. The van der Waals surface area contributed by atoms with Crippen LogP contribution in [0.2, 0.25) is 0 Å². The Labute approximate surface area is 127 Å². The van der Waals surface area contributed by atoms with Crippen molar-refractivity contribution < 1.29 is 9.59 Å². The number of carbonyl (C=O) groups is 2. The van der Waals surface area contributed by atoms with Gasteiger partial charge in [-0.05, 0) is 44.4 Å². The topological polar surface area (TPSA) is 49.4 Å². The molecule has 2 saturated carbocycles. The quantitative estimate of drug-likeness (QED) is 0.868. The third-order valence-corrected chi connectivity index (χ3v) is 5.31. The number of carbonyl (C=O) groups excluding carboxylic acids is 2. The summed E-state index contributed by atoms with van der Waals surface area (Å²) in [5.41, 5.74) is 0. The Morgan fingerprint density at radius 2 is 1.81 bits per heavy atom. The largest absolute Gasteiger partial charge is 0.353 e. The molecule has 21 heavy (non-hydrogen) atoms. The van der Waals surface area contributed by atoms with E-state index in [0.29, 0.717) is 18.5 Å². The Morgan fingerprint density at radius 1 is 1.00 bits per heavy atom. The summed E-state index contributed by atoms with van der Waals surface area (Å²) in [6, 6.07) is 0.357. The van der Waals surface area contributed by atoms with Gasteiger partial charge in [-0.3, -0.25) is 9.59 Å². The number of amides is 2. The van der Waals surface area contributed by atoms with Crippen molar-refractivity contribution in [3.8, 4) is 0 Å². The molecule has 2 amide bonds. The monoisotopic (exact) mass is 292 g/mol. The lowest BCUT2D eigenvalue weighted by Crippen LogP contribution is -2.48. The molecule has 1 saturated heterocycles. The Balaban J connectivity index is 1.50. The van der Waals surface area contributed by atoms with E-state index in [0.717, 1.165) is 51.0 Å². The second-order valence-corrected chi connectivity index (χ2v) is 7.37. The van der Waals surface area contributed by atoms with E-state index in [1.54, 1.807) is 0 Å². The number of rotatable bonds is 3. The van der Waals surface area contributed by atoms with Gasteiger partial charge in [-0.1, -0.05) is 19.8 Å². The second kappa shape index (κ2) is 6.37. The molecule has 0 radical (unpaired) electrons. The third kappa shape index (κ3) is 3.78. The summed E-state index contributed by atoms with van der Waals surface area (Å²) in [5, 5.41) is 3.25. The van der Waals surface area contributed by atoms with Crippen molar-refractivity contribution in [2.75, 3.05) is 13.1 Å². The SMILES string of the molecule is C[C@@H]1CCC[C@H](NC(=O)[C@H]2CCCN(C(=O)C3CC3)C2)C1. The lowest BCUT2D eigenvalue weighted by molar-refractivity contribution is -0.137. The molecular weight excluding hydrogens is 264 g/mol. The first-order valence-electron chi connectivity index (χ1n) is 8.72. The second-order valence-electron chi connectivity index (χ2n) is 7.37. The number of hydrogen-bond donors (Lipinski definition) is 1. The maximum absolute atomic E-state index is 12.5. The van der Waals surface area contributed by atoms with Gasteiger partial charge < -0.3 is 10.2 Å². The highest BCUT2D eigenvalue weighted by Gasteiger charge is 2.37. The molecule has 0 aromatic heterocycles. The van der Waals surface area contributed by atoms with Gasteiger partial charge in [0.25, 0.3) is 0 Å². The summed E-state index contributed by atoms with van der Waals surface area (Å²) < 4.78 is 0. The fraction of sp³-hybridized carbons (Fsp3) is 0.882. The molecule has 3 fully saturated rings. The zero-order chi connectivity index (χ0) is 14.8. The van der Waals surface area contributed by atoms with Gasteiger partial charge in [0.15, 0.2) is 0 Å². The van der Waals surface area contributed by atoms with Crippen molar-refractivity contribution in [2.24, 2.45) is 17.8 Å². The van der Waals surface area contributed by atoms with Gasteiger partial charge in [0.2, 0.25) is 11.8 Å². The van der Waals surface area contributed by atoms with Gasteiger partial charge in [-0.15, -0.1) is 0 Å². The summed E-state index contributed by atoms with van der Waals surface area (Å²) >= 11 is 0. The van der Waals surface area contributed by atoms with Crippen LogP contribution in [-0.4, -0.2) is 35.8 Å². The molecule has 0 spiro atoms. The average Bonchev–Trinajstić information content (AvgIpc) is 3.31. The van der Waals surface area contributed by atoms with Crippen LogP contribution in [0.25, 0.3) is 0 Å². The Kier molecular flexibility index (Phi) is 4.51. The molecule has 0 aromatic carbocycles. The van der Waals surface area contributed by atoms with Crippen molar-refractivity contribution >= 4 is 11.8 Å². The first kappa shape index (κ1) is 14.9. The molecule has 3 rings (SSSR count). The van der Waals surface area contributed by atoms with Gasteiger partial charge in [0, 0.05) is 25.0 Å². The van der Waals surface area contributed by atoms with Gasteiger partial charge >= 0.3 is 0 Å². The minimum atomic E-state index is 0.0127. The van der Waals surface area contributed by atoms with E-state index in [1.165, 1.54) is 12.8 Å². The molecule has 1 aliphatic heterocycles. The fourth-order valence-corrected chi connectivity index (χ4v) is 3.86. The van der Waals surface area contributed by atoms with Gasteiger partial charge in [0.1, 0.15) is 0 Å². The average molecular weight is 292 g/mol. The van der Waals surface area contributed by atoms with Crippen molar-refractivity contribution in [2.45, 2.75) is 64.3 Å². The van der Waals surface area contributed by atoms with Crippen LogP contribution in [0.5, 0.6) is 0 Å². The summed E-state index contributed by atoms with van der Waals surface area (Å²) in [6.07, 6.45) is 8.75. The van der Waals surface area contributed by atoms with E-state index < -0.39 is 0 Å². The van der Waals surface area contributed by atoms with Crippen molar-refractivity contribution in [1.29, 1.82) is 0 Å². The lowest BCUT2D eigenvalue weighted by Gasteiger charge is -2.34. The number of likely N-dealkylation sites (tertiary alicyclic amines) is 1. The maximum Gasteiger partial charge on any atom is 0.225 e.